The zero-order valence-electron chi connectivity index (χ0n) is 11.6. The Morgan fingerprint density at radius 1 is 1.50 bits per heavy atom. The molecule has 0 aromatic carbocycles. The van der Waals surface area contributed by atoms with Crippen LogP contribution in [0.25, 0.3) is 0 Å². The van der Waals surface area contributed by atoms with Crippen LogP contribution in [0.5, 0.6) is 0 Å². The van der Waals surface area contributed by atoms with E-state index in [2.05, 4.69) is 42.1 Å². The Morgan fingerprint density at radius 3 is 2.89 bits per heavy atom. The summed E-state index contributed by atoms with van der Waals surface area (Å²) in [4.78, 5) is 7.12. The Balaban J connectivity index is 0.00000289. The van der Waals surface area contributed by atoms with Gasteiger partial charge in [-0.25, -0.2) is 0 Å². The molecule has 6 heteroatoms. The SMILES string of the molecule is CCNC(=NCCSC)N1CCSC(CC)C1.I. The third-order valence-corrected chi connectivity index (χ3v) is 4.75. The second-order valence-electron chi connectivity index (χ2n) is 4.08. The van der Waals surface area contributed by atoms with Crippen LogP contribution in [0.4, 0.5) is 0 Å². The summed E-state index contributed by atoms with van der Waals surface area (Å²) in [5.74, 6) is 3.44. The van der Waals surface area contributed by atoms with E-state index in [-0.39, 0.29) is 24.0 Å². The van der Waals surface area contributed by atoms with E-state index in [1.165, 1.54) is 12.2 Å². The summed E-state index contributed by atoms with van der Waals surface area (Å²) in [7, 11) is 0. The minimum Gasteiger partial charge on any atom is -0.357 e. The fourth-order valence-corrected chi connectivity index (χ4v) is 3.28. The molecule has 1 aliphatic rings. The number of hydrogen-bond donors (Lipinski definition) is 1. The summed E-state index contributed by atoms with van der Waals surface area (Å²) < 4.78 is 0. The lowest BCUT2D eigenvalue weighted by molar-refractivity contribution is 0.408. The van der Waals surface area contributed by atoms with Crippen molar-refractivity contribution in [3.05, 3.63) is 0 Å². The number of aliphatic imine (C=N–C) groups is 1. The molecule has 1 fully saturated rings. The third kappa shape index (κ3) is 6.75. The van der Waals surface area contributed by atoms with Gasteiger partial charge in [0.05, 0.1) is 6.54 Å². The second-order valence-corrected chi connectivity index (χ2v) is 6.47. The Morgan fingerprint density at radius 2 is 2.28 bits per heavy atom. The van der Waals surface area contributed by atoms with Crippen molar-refractivity contribution in [1.29, 1.82) is 0 Å². The van der Waals surface area contributed by atoms with Crippen molar-refractivity contribution in [2.45, 2.75) is 25.5 Å². The summed E-state index contributed by atoms with van der Waals surface area (Å²) in [6.07, 6.45) is 3.39. The molecule has 0 aromatic heterocycles. The first kappa shape index (κ1) is 18.7. The van der Waals surface area contributed by atoms with Gasteiger partial charge in [0.1, 0.15) is 0 Å². The molecule has 1 saturated heterocycles. The smallest absolute Gasteiger partial charge is 0.194 e. The maximum Gasteiger partial charge on any atom is 0.194 e. The molecule has 0 amide bonds. The summed E-state index contributed by atoms with van der Waals surface area (Å²) in [6.45, 7) is 8.57. The summed E-state index contributed by atoms with van der Waals surface area (Å²) in [5, 5.41) is 4.18. The van der Waals surface area contributed by atoms with Crippen LogP contribution in [0.1, 0.15) is 20.3 Å². The van der Waals surface area contributed by atoms with E-state index in [0.717, 1.165) is 43.1 Å². The van der Waals surface area contributed by atoms with Crippen molar-refractivity contribution in [3.63, 3.8) is 0 Å². The fourth-order valence-electron chi connectivity index (χ4n) is 1.83. The normalized spacial score (nSPS) is 20.5. The molecular formula is C12H26IN3S2. The lowest BCUT2D eigenvalue weighted by Gasteiger charge is -2.34. The third-order valence-electron chi connectivity index (χ3n) is 2.79. The van der Waals surface area contributed by atoms with Gasteiger partial charge in [0, 0.05) is 36.4 Å². The molecule has 1 unspecified atom stereocenters. The zero-order valence-corrected chi connectivity index (χ0v) is 15.6. The van der Waals surface area contributed by atoms with Crippen molar-refractivity contribution in [2.24, 2.45) is 4.99 Å². The molecule has 1 heterocycles. The van der Waals surface area contributed by atoms with Gasteiger partial charge >= 0.3 is 0 Å². The van der Waals surface area contributed by atoms with E-state index in [9.17, 15) is 0 Å². The number of guanidine groups is 1. The van der Waals surface area contributed by atoms with Gasteiger partial charge in [-0.2, -0.15) is 23.5 Å². The summed E-state index contributed by atoms with van der Waals surface area (Å²) >= 11 is 3.96. The highest BCUT2D eigenvalue weighted by Crippen LogP contribution is 2.20. The zero-order chi connectivity index (χ0) is 12.5. The molecule has 3 nitrogen and oxygen atoms in total. The molecule has 1 N–H and O–H groups in total. The van der Waals surface area contributed by atoms with Crippen LogP contribution in [0.15, 0.2) is 4.99 Å². The van der Waals surface area contributed by atoms with Gasteiger partial charge in [-0.05, 0) is 19.6 Å². The fraction of sp³-hybridized carbons (Fsp3) is 0.917. The average Bonchev–Trinajstić information content (AvgIpc) is 2.38. The Labute approximate surface area is 137 Å². The Bertz CT molecular complexity index is 239. The number of rotatable bonds is 5. The predicted molar refractivity (Wildman–Crippen MR) is 97.9 cm³/mol. The molecule has 0 radical (unpaired) electrons. The largest absolute Gasteiger partial charge is 0.357 e. The molecule has 1 aliphatic heterocycles. The van der Waals surface area contributed by atoms with Crippen LogP contribution in [0.2, 0.25) is 0 Å². The molecule has 0 aromatic rings. The second kappa shape index (κ2) is 11.5. The lowest BCUT2D eigenvalue weighted by atomic mass is 10.3. The van der Waals surface area contributed by atoms with Crippen LogP contribution < -0.4 is 5.32 Å². The van der Waals surface area contributed by atoms with Crippen LogP contribution >= 0.6 is 47.5 Å². The van der Waals surface area contributed by atoms with Crippen LogP contribution in [-0.2, 0) is 0 Å². The minimum absolute atomic E-state index is 0. The number of nitrogens with zero attached hydrogens (tertiary/aromatic N) is 2. The monoisotopic (exact) mass is 403 g/mol. The molecule has 1 atom stereocenters. The highest BCUT2D eigenvalue weighted by atomic mass is 127. The van der Waals surface area contributed by atoms with Crippen molar-refractivity contribution in [2.75, 3.05) is 43.9 Å². The molecule has 0 saturated carbocycles. The molecule has 0 spiro atoms. The van der Waals surface area contributed by atoms with E-state index in [4.69, 9.17) is 4.99 Å². The number of hydrogen-bond acceptors (Lipinski definition) is 3. The van der Waals surface area contributed by atoms with Crippen molar-refractivity contribution in [1.82, 2.24) is 10.2 Å². The van der Waals surface area contributed by atoms with Gasteiger partial charge in [-0.3, -0.25) is 4.99 Å². The maximum absolute atomic E-state index is 4.70. The van der Waals surface area contributed by atoms with E-state index in [0.29, 0.717) is 0 Å². The Kier molecular flexibility index (Phi) is 12.0. The first-order chi connectivity index (χ1) is 8.31. The molecule has 0 aliphatic carbocycles. The number of halogens is 1. The van der Waals surface area contributed by atoms with Crippen molar-refractivity contribution < 1.29 is 0 Å². The highest BCUT2D eigenvalue weighted by molar-refractivity contribution is 14.0. The number of nitrogens with one attached hydrogen (secondary N) is 1. The van der Waals surface area contributed by atoms with Crippen LogP contribution in [0.3, 0.4) is 0 Å². The standard InChI is InChI=1S/C12H25N3S2.HI/c1-4-11-10-15(7-9-17-11)12(13-5-2)14-6-8-16-3;/h11H,4-10H2,1-3H3,(H,13,14);1H. The molecule has 18 heavy (non-hydrogen) atoms. The number of thioether (sulfide) groups is 2. The summed E-state index contributed by atoms with van der Waals surface area (Å²) in [5.41, 5.74) is 0. The van der Waals surface area contributed by atoms with Gasteiger partial charge in [0.15, 0.2) is 5.96 Å². The van der Waals surface area contributed by atoms with E-state index < -0.39 is 0 Å². The quantitative estimate of drug-likeness (QED) is 0.331. The van der Waals surface area contributed by atoms with Crippen molar-refractivity contribution >= 4 is 53.5 Å². The van der Waals surface area contributed by atoms with E-state index in [1.807, 2.05) is 11.8 Å². The topological polar surface area (TPSA) is 27.6 Å². The van der Waals surface area contributed by atoms with Crippen molar-refractivity contribution in [3.8, 4) is 0 Å². The first-order valence-electron chi connectivity index (χ1n) is 6.45. The van der Waals surface area contributed by atoms with Crippen LogP contribution in [0, 0.1) is 0 Å². The van der Waals surface area contributed by atoms with Gasteiger partial charge < -0.3 is 10.2 Å². The molecule has 1 rings (SSSR count). The van der Waals surface area contributed by atoms with Gasteiger partial charge in [-0.15, -0.1) is 24.0 Å². The van der Waals surface area contributed by atoms with E-state index in [1.54, 1.807) is 0 Å². The van der Waals surface area contributed by atoms with Gasteiger partial charge in [-0.1, -0.05) is 6.92 Å². The Hall–Kier alpha value is 0.700. The van der Waals surface area contributed by atoms with E-state index >= 15 is 0 Å². The lowest BCUT2D eigenvalue weighted by Crippen LogP contribution is -2.48. The molecular weight excluding hydrogens is 377 g/mol. The van der Waals surface area contributed by atoms with Gasteiger partial charge in [0.25, 0.3) is 0 Å². The first-order valence-corrected chi connectivity index (χ1v) is 8.89. The molecule has 0 bridgehead atoms. The highest BCUT2D eigenvalue weighted by Gasteiger charge is 2.21. The van der Waals surface area contributed by atoms with Gasteiger partial charge in [0.2, 0.25) is 0 Å². The average molecular weight is 403 g/mol. The predicted octanol–water partition coefficient (Wildman–Crippen LogP) is 2.76. The summed E-state index contributed by atoms with van der Waals surface area (Å²) in [6, 6.07) is 0. The molecule has 108 valence electrons. The minimum atomic E-state index is 0. The maximum atomic E-state index is 4.70. The van der Waals surface area contributed by atoms with Crippen LogP contribution in [-0.4, -0.2) is 60.0 Å².